The molecular weight excluding hydrogens is 379 g/mol. The number of benzene rings is 2. The Morgan fingerprint density at radius 1 is 1.06 bits per heavy atom. The van der Waals surface area contributed by atoms with Gasteiger partial charge in [0.15, 0.2) is 0 Å². The molecule has 0 spiro atoms. The maximum atomic E-state index is 5.89. The molecule has 5 heteroatoms. The predicted molar refractivity (Wildman–Crippen MR) is 82.5 cm³/mol. The average molecular weight is 391 g/mol. The summed E-state index contributed by atoms with van der Waals surface area (Å²) in [5.74, 6) is 5.67. The minimum absolute atomic E-state index is 0.0789. The molecule has 0 bridgehead atoms. The second kappa shape index (κ2) is 6.17. The van der Waals surface area contributed by atoms with Gasteiger partial charge >= 0.3 is 0 Å². The number of hydrogen-bond donors (Lipinski definition) is 2. The van der Waals surface area contributed by atoms with Gasteiger partial charge in [-0.3, -0.25) is 5.84 Å². The molecule has 2 aromatic rings. The largest absolute Gasteiger partial charge is 0.271 e. The molecule has 3 N–H and O–H groups in total. The first kappa shape index (κ1) is 14.0. The number of hydrazine groups is 1. The Balaban J connectivity index is 2.41. The van der Waals surface area contributed by atoms with E-state index < -0.39 is 0 Å². The zero-order valence-electron chi connectivity index (χ0n) is 9.33. The van der Waals surface area contributed by atoms with Crippen LogP contribution in [-0.2, 0) is 0 Å². The van der Waals surface area contributed by atoms with E-state index in [1.807, 2.05) is 42.5 Å². The van der Waals surface area contributed by atoms with Gasteiger partial charge in [0.25, 0.3) is 0 Å². The van der Waals surface area contributed by atoms with Crippen molar-refractivity contribution in [2.45, 2.75) is 6.04 Å². The summed E-state index contributed by atoms with van der Waals surface area (Å²) in [5, 5.41) is 0.712. The molecule has 0 amide bonds. The summed E-state index contributed by atoms with van der Waals surface area (Å²) in [6.07, 6.45) is 0. The summed E-state index contributed by atoms with van der Waals surface area (Å²) in [5.41, 5.74) is 4.96. The van der Waals surface area contributed by atoms with Crippen LogP contribution in [0.2, 0.25) is 5.02 Å². The van der Waals surface area contributed by atoms with Crippen molar-refractivity contribution >= 4 is 43.5 Å². The molecule has 0 aromatic heterocycles. The highest BCUT2D eigenvalue weighted by molar-refractivity contribution is 9.11. The Labute approximate surface area is 128 Å². The van der Waals surface area contributed by atoms with Crippen molar-refractivity contribution in [2.24, 2.45) is 5.84 Å². The topological polar surface area (TPSA) is 38.0 Å². The molecule has 1 atom stereocenters. The number of nitrogens with one attached hydrogen (secondary N) is 1. The van der Waals surface area contributed by atoms with Gasteiger partial charge in [0, 0.05) is 14.0 Å². The third-order valence-corrected chi connectivity index (χ3v) is 4.08. The van der Waals surface area contributed by atoms with Gasteiger partial charge in [-0.2, -0.15) is 0 Å². The molecule has 2 aromatic carbocycles. The Morgan fingerprint density at radius 2 is 1.72 bits per heavy atom. The SMILES string of the molecule is NNC(c1ccc(Cl)cc1)c1ccc(Br)cc1Br. The molecule has 0 saturated carbocycles. The fraction of sp³-hybridized carbons (Fsp3) is 0.0769. The first-order valence-electron chi connectivity index (χ1n) is 5.28. The zero-order valence-corrected chi connectivity index (χ0v) is 13.3. The van der Waals surface area contributed by atoms with E-state index in [0.717, 1.165) is 20.1 Å². The molecule has 0 aliphatic rings. The van der Waals surface area contributed by atoms with E-state index in [4.69, 9.17) is 17.4 Å². The summed E-state index contributed by atoms with van der Waals surface area (Å²) in [7, 11) is 0. The second-order valence-electron chi connectivity index (χ2n) is 3.82. The number of rotatable bonds is 3. The predicted octanol–water partition coefficient (Wildman–Crippen LogP) is 4.42. The van der Waals surface area contributed by atoms with Crippen molar-refractivity contribution in [2.75, 3.05) is 0 Å². The van der Waals surface area contributed by atoms with Crippen molar-refractivity contribution in [1.29, 1.82) is 0 Å². The van der Waals surface area contributed by atoms with Gasteiger partial charge in [-0.25, -0.2) is 5.43 Å². The first-order chi connectivity index (χ1) is 8.61. The van der Waals surface area contributed by atoms with E-state index in [0.29, 0.717) is 5.02 Å². The summed E-state index contributed by atoms with van der Waals surface area (Å²) in [6.45, 7) is 0. The van der Waals surface area contributed by atoms with Crippen LogP contribution >= 0.6 is 43.5 Å². The van der Waals surface area contributed by atoms with Crippen LogP contribution in [0.15, 0.2) is 51.4 Å². The van der Waals surface area contributed by atoms with Gasteiger partial charge in [-0.15, -0.1) is 0 Å². The molecule has 2 nitrogen and oxygen atoms in total. The Hall–Kier alpha value is -0.390. The molecule has 0 heterocycles. The van der Waals surface area contributed by atoms with Crippen molar-refractivity contribution in [3.8, 4) is 0 Å². The molecule has 94 valence electrons. The van der Waals surface area contributed by atoms with Gasteiger partial charge in [-0.05, 0) is 35.4 Å². The van der Waals surface area contributed by atoms with E-state index >= 15 is 0 Å². The molecule has 0 radical (unpaired) electrons. The highest BCUT2D eigenvalue weighted by atomic mass is 79.9. The summed E-state index contributed by atoms with van der Waals surface area (Å²) in [6, 6.07) is 13.6. The molecule has 0 fully saturated rings. The van der Waals surface area contributed by atoms with E-state index in [1.165, 1.54) is 0 Å². The van der Waals surface area contributed by atoms with E-state index in [9.17, 15) is 0 Å². The van der Waals surface area contributed by atoms with Gasteiger partial charge in [0.2, 0.25) is 0 Å². The van der Waals surface area contributed by atoms with Crippen LogP contribution in [0.4, 0.5) is 0 Å². The fourth-order valence-electron chi connectivity index (χ4n) is 1.76. The quantitative estimate of drug-likeness (QED) is 0.602. The number of halogens is 3. The normalized spacial score (nSPS) is 12.4. The number of nitrogens with two attached hydrogens (primary N) is 1. The smallest absolute Gasteiger partial charge is 0.0721 e. The van der Waals surface area contributed by atoms with Gasteiger partial charge < -0.3 is 0 Å². The standard InChI is InChI=1S/C13H11Br2ClN2/c14-9-3-6-11(12(15)7-9)13(18-17)8-1-4-10(16)5-2-8/h1-7,13,18H,17H2. The third-order valence-electron chi connectivity index (χ3n) is 2.64. The van der Waals surface area contributed by atoms with Gasteiger partial charge in [-0.1, -0.05) is 61.7 Å². The lowest BCUT2D eigenvalue weighted by molar-refractivity contribution is 0.634. The van der Waals surface area contributed by atoms with Crippen LogP contribution in [-0.4, -0.2) is 0 Å². The lowest BCUT2D eigenvalue weighted by atomic mass is 9.99. The Morgan fingerprint density at radius 3 is 2.28 bits per heavy atom. The van der Waals surface area contributed by atoms with Crippen molar-refractivity contribution in [3.05, 3.63) is 67.6 Å². The molecule has 1 unspecified atom stereocenters. The fourth-order valence-corrected chi connectivity index (χ4v) is 3.16. The van der Waals surface area contributed by atoms with E-state index in [-0.39, 0.29) is 6.04 Å². The highest BCUT2D eigenvalue weighted by Gasteiger charge is 2.15. The summed E-state index contributed by atoms with van der Waals surface area (Å²) < 4.78 is 2.01. The van der Waals surface area contributed by atoms with Crippen LogP contribution in [0.1, 0.15) is 17.2 Å². The molecule has 0 saturated heterocycles. The molecule has 0 aliphatic heterocycles. The highest BCUT2D eigenvalue weighted by Crippen LogP contribution is 2.30. The molecule has 0 aliphatic carbocycles. The molecule has 2 rings (SSSR count). The lowest BCUT2D eigenvalue weighted by Gasteiger charge is -2.18. The lowest BCUT2D eigenvalue weighted by Crippen LogP contribution is -2.29. The van der Waals surface area contributed by atoms with Crippen LogP contribution < -0.4 is 11.3 Å². The second-order valence-corrected chi connectivity index (χ2v) is 6.02. The average Bonchev–Trinajstić information content (AvgIpc) is 2.35. The van der Waals surface area contributed by atoms with E-state index in [1.54, 1.807) is 0 Å². The molecular formula is C13H11Br2ClN2. The zero-order chi connectivity index (χ0) is 13.1. The monoisotopic (exact) mass is 388 g/mol. The minimum Gasteiger partial charge on any atom is -0.271 e. The van der Waals surface area contributed by atoms with Gasteiger partial charge in [0.1, 0.15) is 0 Å². The first-order valence-corrected chi connectivity index (χ1v) is 7.25. The van der Waals surface area contributed by atoms with Crippen LogP contribution in [0.25, 0.3) is 0 Å². The summed E-state index contributed by atoms with van der Waals surface area (Å²) in [4.78, 5) is 0. The van der Waals surface area contributed by atoms with E-state index in [2.05, 4.69) is 37.3 Å². The molecule has 18 heavy (non-hydrogen) atoms. The third kappa shape index (κ3) is 3.13. The van der Waals surface area contributed by atoms with Crippen molar-refractivity contribution in [3.63, 3.8) is 0 Å². The Kier molecular flexibility index (Phi) is 4.81. The Bertz CT molecular complexity index is 543. The van der Waals surface area contributed by atoms with Gasteiger partial charge in [0.05, 0.1) is 6.04 Å². The van der Waals surface area contributed by atoms with Crippen LogP contribution in [0.5, 0.6) is 0 Å². The van der Waals surface area contributed by atoms with Crippen molar-refractivity contribution in [1.82, 2.24) is 5.43 Å². The van der Waals surface area contributed by atoms with Crippen molar-refractivity contribution < 1.29 is 0 Å². The van der Waals surface area contributed by atoms with Crippen LogP contribution in [0, 0.1) is 0 Å². The maximum absolute atomic E-state index is 5.89. The minimum atomic E-state index is -0.0789. The summed E-state index contributed by atoms with van der Waals surface area (Å²) >= 11 is 12.9. The van der Waals surface area contributed by atoms with Crippen LogP contribution in [0.3, 0.4) is 0 Å². The number of hydrogen-bond acceptors (Lipinski definition) is 2. The maximum Gasteiger partial charge on any atom is 0.0721 e.